The molecule has 5 nitrogen and oxygen atoms in total. The van der Waals surface area contributed by atoms with Crippen molar-refractivity contribution in [3.05, 3.63) is 24.3 Å². The monoisotopic (exact) mass is 314 g/mol. The fourth-order valence-electron chi connectivity index (χ4n) is 1.81. The topological polar surface area (TPSA) is 59.6 Å². The molecule has 2 N–H and O–H groups in total. The van der Waals surface area contributed by atoms with Crippen molar-refractivity contribution in [3.8, 4) is 5.75 Å². The normalized spacial score (nSPS) is 14.0. The van der Waals surface area contributed by atoms with Crippen LogP contribution < -0.4 is 15.4 Å². The summed E-state index contributed by atoms with van der Waals surface area (Å²) >= 11 is 0. The van der Waals surface area contributed by atoms with Crippen molar-refractivity contribution in [2.24, 2.45) is 5.92 Å². The maximum atomic E-state index is 12.0. The Balaban J connectivity index is 1.57. The van der Waals surface area contributed by atoms with Crippen LogP contribution in [-0.4, -0.2) is 32.4 Å². The molecule has 1 fully saturated rings. The van der Waals surface area contributed by atoms with E-state index in [1.165, 1.54) is 37.1 Å². The summed E-state index contributed by atoms with van der Waals surface area (Å²) in [5, 5.41) is 5.31. The second-order valence-electron chi connectivity index (χ2n) is 5.16. The lowest BCUT2D eigenvalue weighted by Crippen LogP contribution is -2.30. The summed E-state index contributed by atoms with van der Waals surface area (Å²) in [4.78, 5) is 11.6. The molecule has 0 bridgehead atoms. The van der Waals surface area contributed by atoms with Crippen LogP contribution in [0.1, 0.15) is 19.3 Å². The number of hydrogen-bond donors (Lipinski definition) is 2. The zero-order chi connectivity index (χ0) is 15.8. The predicted molar refractivity (Wildman–Crippen MR) is 78.3 cm³/mol. The lowest BCUT2D eigenvalue weighted by molar-refractivity contribution is -0.0498. The van der Waals surface area contributed by atoms with E-state index >= 15 is 0 Å². The molecule has 0 heterocycles. The van der Waals surface area contributed by atoms with Crippen molar-refractivity contribution >= 4 is 11.7 Å². The molecular formula is C15H20F2N2O3. The molecule has 1 saturated carbocycles. The molecule has 7 heteroatoms. The van der Waals surface area contributed by atoms with Gasteiger partial charge in [0.25, 0.3) is 0 Å². The van der Waals surface area contributed by atoms with Crippen LogP contribution in [0.4, 0.5) is 19.3 Å². The highest BCUT2D eigenvalue weighted by Gasteiger charge is 2.20. The van der Waals surface area contributed by atoms with E-state index in [-0.39, 0.29) is 11.8 Å². The Hall–Kier alpha value is -1.89. The summed E-state index contributed by atoms with van der Waals surface area (Å²) in [5.74, 6) is 0.794. The first kappa shape index (κ1) is 16.5. The third-order valence-corrected chi connectivity index (χ3v) is 3.14. The van der Waals surface area contributed by atoms with E-state index < -0.39 is 6.61 Å². The van der Waals surface area contributed by atoms with Gasteiger partial charge in [-0.25, -0.2) is 4.79 Å². The molecule has 0 spiro atoms. The number of nitrogens with one attached hydrogen (secondary N) is 2. The summed E-state index contributed by atoms with van der Waals surface area (Å²) in [6, 6.07) is 5.39. The number of hydrogen-bond acceptors (Lipinski definition) is 3. The van der Waals surface area contributed by atoms with Gasteiger partial charge in [-0.05, 0) is 49.4 Å². The molecule has 22 heavy (non-hydrogen) atoms. The van der Waals surface area contributed by atoms with E-state index in [2.05, 4.69) is 15.4 Å². The molecule has 122 valence electrons. The van der Waals surface area contributed by atoms with Gasteiger partial charge in [0.1, 0.15) is 5.75 Å². The zero-order valence-electron chi connectivity index (χ0n) is 12.2. The molecule has 0 aliphatic heterocycles. The second kappa shape index (κ2) is 8.53. The Morgan fingerprint density at radius 1 is 1.27 bits per heavy atom. The fourth-order valence-corrected chi connectivity index (χ4v) is 1.81. The van der Waals surface area contributed by atoms with Crippen molar-refractivity contribution in [1.82, 2.24) is 5.32 Å². The highest BCUT2D eigenvalue weighted by molar-refractivity contribution is 5.89. The van der Waals surface area contributed by atoms with Crippen LogP contribution >= 0.6 is 0 Å². The third kappa shape index (κ3) is 6.71. The maximum absolute atomic E-state index is 12.0. The van der Waals surface area contributed by atoms with E-state index in [1.54, 1.807) is 0 Å². The van der Waals surface area contributed by atoms with Crippen molar-refractivity contribution in [3.63, 3.8) is 0 Å². The SMILES string of the molecule is O=C(NCCCOCC1CC1)Nc1ccc(OC(F)F)cc1. The molecule has 0 radical (unpaired) electrons. The summed E-state index contributed by atoms with van der Waals surface area (Å²) in [7, 11) is 0. The van der Waals surface area contributed by atoms with E-state index in [4.69, 9.17) is 4.74 Å². The van der Waals surface area contributed by atoms with Gasteiger partial charge in [-0.1, -0.05) is 0 Å². The quantitative estimate of drug-likeness (QED) is 0.688. The molecule has 1 aliphatic carbocycles. The zero-order valence-corrected chi connectivity index (χ0v) is 12.2. The van der Waals surface area contributed by atoms with Gasteiger partial charge < -0.3 is 20.1 Å². The maximum Gasteiger partial charge on any atom is 0.387 e. The number of halogens is 2. The summed E-state index contributed by atoms with van der Waals surface area (Å²) in [6.07, 6.45) is 3.28. The molecule has 1 aromatic rings. The summed E-state index contributed by atoms with van der Waals surface area (Å²) in [6.45, 7) is -0.886. The van der Waals surface area contributed by atoms with Crippen LogP contribution in [0.25, 0.3) is 0 Å². The average Bonchev–Trinajstić information content (AvgIpc) is 3.28. The van der Waals surface area contributed by atoms with Gasteiger partial charge in [-0.2, -0.15) is 8.78 Å². The second-order valence-corrected chi connectivity index (χ2v) is 5.16. The molecule has 0 saturated heterocycles. The summed E-state index contributed by atoms with van der Waals surface area (Å²) in [5.41, 5.74) is 0.504. The third-order valence-electron chi connectivity index (χ3n) is 3.14. The Kier molecular flexibility index (Phi) is 6.39. The number of carbonyl (C=O) groups excluding carboxylic acids is 1. The van der Waals surface area contributed by atoms with Gasteiger partial charge in [0.2, 0.25) is 0 Å². The van der Waals surface area contributed by atoms with Crippen molar-refractivity contribution < 1.29 is 23.0 Å². The lowest BCUT2D eigenvalue weighted by Gasteiger charge is -2.09. The molecule has 2 rings (SSSR count). The van der Waals surface area contributed by atoms with E-state index in [0.29, 0.717) is 18.8 Å². The van der Waals surface area contributed by atoms with Gasteiger partial charge in [0.15, 0.2) is 0 Å². The van der Waals surface area contributed by atoms with Crippen LogP contribution in [0.3, 0.4) is 0 Å². The van der Waals surface area contributed by atoms with E-state index in [0.717, 1.165) is 18.9 Å². The van der Waals surface area contributed by atoms with Crippen molar-refractivity contribution in [1.29, 1.82) is 0 Å². The first-order valence-electron chi connectivity index (χ1n) is 7.31. The van der Waals surface area contributed by atoms with Crippen LogP contribution in [0.15, 0.2) is 24.3 Å². The highest BCUT2D eigenvalue weighted by atomic mass is 19.3. The molecular weight excluding hydrogens is 294 g/mol. The fraction of sp³-hybridized carbons (Fsp3) is 0.533. The van der Waals surface area contributed by atoms with Crippen molar-refractivity contribution in [2.45, 2.75) is 25.9 Å². The molecule has 2 amide bonds. The first-order valence-corrected chi connectivity index (χ1v) is 7.31. The Morgan fingerprint density at radius 3 is 2.64 bits per heavy atom. The standard InChI is InChI=1S/C15H20F2N2O3/c16-14(17)22-13-6-4-12(5-7-13)19-15(20)18-8-1-9-21-10-11-2-3-11/h4-7,11,14H,1-3,8-10H2,(H2,18,19,20). The van der Waals surface area contributed by atoms with Gasteiger partial charge in [0.05, 0.1) is 0 Å². The number of ether oxygens (including phenoxy) is 2. The van der Waals surface area contributed by atoms with Crippen LogP contribution in [-0.2, 0) is 4.74 Å². The molecule has 0 aromatic heterocycles. The van der Waals surface area contributed by atoms with Crippen LogP contribution in [0.5, 0.6) is 5.75 Å². The minimum atomic E-state index is -2.86. The van der Waals surface area contributed by atoms with Crippen LogP contribution in [0, 0.1) is 5.92 Å². The van der Waals surface area contributed by atoms with Crippen LogP contribution in [0.2, 0.25) is 0 Å². The van der Waals surface area contributed by atoms with E-state index in [1.807, 2.05) is 0 Å². The molecule has 0 atom stereocenters. The number of amides is 2. The number of carbonyl (C=O) groups is 1. The Labute approximate surface area is 128 Å². The molecule has 1 aliphatic rings. The number of benzene rings is 1. The number of alkyl halides is 2. The smallest absolute Gasteiger partial charge is 0.387 e. The van der Waals surface area contributed by atoms with Gasteiger partial charge >= 0.3 is 12.6 Å². The Bertz CT molecular complexity index is 464. The Morgan fingerprint density at radius 2 is 2.00 bits per heavy atom. The van der Waals surface area contributed by atoms with Gasteiger partial charge in [-0.3, -0.25) is 0 Å². The number of rotatable bonds is 9. The van der Waals surface area contributed by atoms with Gasteiger partial charge in [-0.15, -0.1) is 0 Å². The average molecular weight is 314 g/mol. The minimum Gasteiger partial charge on any atom is -0.435 e. The molecule has 0 unspecified atom stereocenters. The predicted octanol–water partition coefficient (Wildman–Crippen LogP) is 3.23. The van der Waals surface area contributed by atoms with Crippen molar-refractivity contribution in [2.75, 3.05) is 25.1 Å². The lowest BCUT2D eigenvalue weighted by atomic mass is 10.3. The highest BCUT2D eigenvalue weighted by Crippen LogP contribution is 2.28. The minimum absolute atomic E-state index is 0.0498. The van der Waals surface area contributed by atoms with Gasteiger partial charge in [0, 0.05) is 25.4 Å². The first-order chi connectivity index (χ1) is 10.6. The molecule has 1 aromatic carbocycles. The number of urea groups is 1. The largest absolute Gasteiger partial charge is 0.435 e. The van der Waals surface area contributed by atoms with E-state index in [9.17, 15) is 13.6 Å². The number of anilines is 1. The summed E-state index contributed by atoms with van der Waals surface area (Å²) < 4.78 is 33.7.